The lowest BCUT2D eigenvalue weighted by atomic mass is 9.73. The van der Waals surface area contributed by atoms with Crippen molar-refractivity contribution in [2.24, 2.45) is 5.41 Å². The van der Waals surface area contributed by atoms with E-state index in [0.717, 1.165) is 68.3 Å². The SMILES string of the molecule is CCc1cc(N2CCN(CC3=C(c4ccc(Cl)cc4)CCC(C)(C)C3)CC2)ccc1C(=O)O. The third kappa shape index (κ3) is 5.62. The molecular weight excluding hydrogens is 432 g/mol. The number of carboxylic acids is 1. The summed E-state index contributed by atoms with van der Waals surface area (Å²) in [5.74, 6) is -0.844. The zero-order chi connectivity index (χ0) is 23.6. The highest BCUT2D eigenvalue weighted by atomic mass is 35.5. The van der Waals surface area contributed by atoms with Crippen molar-refractivity contribution in [1.29, 1.82) is 0 Å². The number of rotatable bonds is 6. The number of hydrogen-bond donors (Lipinski definition) is 1. The number of aryl methyl sites for hydroxylation is 1. The molecule has 176 valence electrons. The van der Waals surface area contributed by atoms with Crippen molar-refractivity contribution < 1.29 is 9.90 Å². The van der Waals surface area contributed by atoms with Crippen molar-refractivity contribution in [3.05, 3.63) is 69.8 Å². The van der Waals surface area contributed by atoms with Gasteiger partial charge in [0.15, 0.2) is 0 Å². The average molecular weight is 467 g/mol. The zero-order valence-electron chi connectivity index (χ0n) is 20.0. The Balaban J connectivity index is 1.47. The molecule has 4 rings (SSSR count). The van der Waals surface area contributed by atoms with E-state index < -0.39 is 5.97 Å². The Bertz CT molecular complexity index is 1030. The van der Waals surface area contributed by atoms with E-state index in [9.17, 15) is 9.90 Å². The molecule has 0 radical (unpaired) electrons. The van der Waals surface area contributed by atoms with Gasteiger partial charge in [0.2, 0.25) is 0 Å². The van der Waals surface area contributed by atoms with E-state index in [2.05, 4.69) is 41.8 Å². The molecule has 1 heterocycles. The number of carbonyl (C=O) groups is 1. The van der Waals surface area contributed by atoms with Gasteiger partial charge in [0.25, 0.3) is 0 Å². The molecule has 1 aliphatic heterocycles. The number of nitrogens with zero attached hydrogens (tertiary/aromatic N) is 2. The highest BCUT2D eigenvalue weighted by Crippen LogP contribution is 2.42. The Labute approximate surface area is 202 Å². The van der Waals surface area contributed by atoms with Gasteiger partial charge in [-0.3, -0.25) is 4.90 Å². The number of hydrogen-bond acceptors (Lipinski definition) is 3. The van der Waals surface area contributed by atoms with Crippen LogP contribution in [0.5, 0.6) is 0 Å². The van der Waals surface area contributed by atoms with E-state index in [-0.39, 0.29) is 0 Å². The Morgan fingerprint density at radius 1 is 1.06 bits per heavy atom. The first-order valence-corrected chi connectivity index (χ1v) is 12.4. The molecule has 0 atom stereocenters. The van der Waals surface area contributed by atoms with Crippen LogP contribution in [0.3, 0.4) is 0 Å². The summed E-state index contributed by atoms with van der Waals surface area (Å²) in [5.41, 5.74) is 7.19. The number of allylic oxidation sites excluding steroid dienone is 1. The summed E-state index contributed by atoms with van der Waals surface area (Å²) in [7, 11) is 0. The monoisotopic (exact) mass is 466 g/mol. The van der Waals surface area contributed by atoms with Crippen molar-refractivity contribution in [3.8, 4) is 0 Å². The van der Waals surface area contributed by atoms with Crippen LogP contribution in [0.25, 0.3) is 5.57 Å². The molecule has 1 N–H and O–H groups in total. The van der Waals surface area contributed by atoms with Gasteiger partial charge in [-0.2, -0.15) is 0 Å². The number of halogens is 1. The van der Waals surface area contributed by atoms with Crippen molar-refractivity contribution >= 4 is 28.8 Å². The molecule has 1 fully saturated rings. The number of benzene rings is 2. The first-order chi connectivity index (χ1) is 15.8. The summed E-state index contributed by atoms with van der Waals surface area (Å²) in [6.07, 6.45) is 4.21. The highest BCUT2D eigenvalue weighted by Gasteiger charge is 2.29. The van der Waals surface area contributed by atoms with Crippen LogP contribution in [0.4, 0.5) is 5.69 Å². The third-order valence-electron chi connectivity index (χ3n) is 7.22. The van der Waals surface area contributed by atoms with Crippen molar-refractivity contribution in [2.75, 3.05) is 37.6 Å². The van der Waals surface area contributed by atoms with Gasteiger partial charge in [-0.15, -0.1) is 0 Å². The van der Waals surface area contributed by atoms with E-state index in [4.69, 9.17) is 11.6 Å². The first kappa shape index (κ1) is 23.8. The topological polar surface area (TPSA) is 43.8 Å². The molecule has 0 amide bonds. The minimum Gasteiger partial charge on any atom is -0.478 e. The fourth-order valence-corrected chi connectivity index (χ4v) is 5.40. The second-order valence-corrected chi connectivity index (χ2v) is 10.6. The van der Waals surface area contributed by atoms with Gasteiger partial charge in [-0.25, -0.2) is 4.79 Å². The predicted molar refractivity (Wildman–Crippen MR) is 137 cm³/mol. The second kappa shape index (κ2) is 9.90. The van der Waals surface area contributed by atoms with E-state index >= 15 is 0 Å². The van der Waals surface area contributed by atoms with Crippen LogP contribution in [0, 0.1) is 5.41 Å². The number of aromatic carboxylic acids is 1. The van der Waals surface area contributed by atoms with Crippen LogP contribution in [-0.2, 0) is 6.42 Å². The maximum Gasteiger partial charge on any atom is 0.335 e. The van der Waals surface area contributed by atoms with E-state index in [0.29, 0.717) is 11.0 Å². The fraction of sp³-hybridized carbons (Fsp3) is 0.464. The standard InChI is InChI=1S/C28H35ClN2O2/c1-4-20-17-24(9-10-26(20)27(32)33)31-15-13-30(14-16-31)19-22-18-28(2,3)12-11-25(22)21-5-7-23(29)8-6-21/h5-10,17H,4,11-16,18-19H2,1-3H3,(H,32,33). The molecule has 1 aliphatic carbocycles. The molecule has 2 aromatic carbocycles. The summed E-state index contributed by atoms with van der Waals surface area (Å²) in [6, 6.07) is 14.1. The molecular formula is C28H35ClN2O2. The minimum atomic E-state index is -0.844. The van der Waals surface area contributed by atoms with E-state index in [1.165, 1.54) is 17.6 Å². The normalized spacial score (nSPS) is 19.1. The van der Waals surface area contributed by atoms with E-state index in [1.807, 2.05) is 25.1 Å². The Morgan fingerprint density at radius 2 is 1.76 bits per heavy atom. The zero-order valence-corrected chi connectivity index (χ0v) is 20.8. The molecule has 0 unspecified atom stereocenters. The molecule has 0 spiro atoms. The largest absolute Gasteiger partial charge is 0.478 e. The van der Waals surface area contributed by atoms with Gasteiger partial charge >= 0.3 is 5.97 Å². The van der Waals surface area contributed by atoms with Crippen molar-refractivity contribution in [3.63, 3.8) is 0 Å². The number of piperazine rings is 1. The molecule has 0 aromatic heterocycles. The summed E-state index contributed by atoms with van der Waals surface area (Å²) in [5, 5.41) is 10.2. The molecule has 0 bridgehead atoms. The molecule has 4 nitrogen and oxygen atoms in total. The molecule has 0 saturated carbocycles. The maximum absolute atomic E-state index is 11.5. The lowest BCUT2D eigenvalue weighted by Crippen LogP contribution is -2.47. The number of carboxylic acid groups (broad SMARTS) is 1. The van der Waals surface area contributed by atoms with Gasteiger partial charge in [0, 0.05) is 43.4 Å². The second-order valence-electron chi connectivity index (χ2n) is 10.2. The van der Waals surface area contributed by atoms with Gasteiger partial charge < -0.3 is 10.0 Å². The Kier molecular flexibility index (Phi) is 7.16. The maximum atomic E-state index is 11.5. The summed E-state index contributed by atoms with van der Waals surface area (Å²) < 4.78 is 0. The first-order valence-electron chi connectivity index (χ1n) is 12.1. The van der Waals surface area contributed by atoms with Gasteiger partial charge in [-0.1, -0.05) is 50.1 Å². The van der Waals surface area contributed by atoms with Crippen LogP contribution >= 0.6 is 11.6 Å². The van der Waals surface area contributed by atoms with Gasteiger partial charge in [-0.05, 0) is 78.1 Å². The Morgan fingerprint density at radius 3 is 2.39 bits per heavy atom. The van der Waals surface area contributed by atoms with Gasteiger partial charge in [0.05, 0.1) is 5.56 Å². The summed E-state index contributed by atoms with van der Waals surface area (Å²) in [6.45, 7) is 11.8. The van der Waals surface area contributed by atoms with E-state index in [1.54, 1.807) is 11.6 Å². The smallest absolute Gasteiger partial charge is 0.335 e. The molecule has 5 heteroatoms. The lowest BCUT2D eigenvalue weighted by molar-refractivity contribution is 0.0695. The fourth-order valence-electron chi connectivity index (χ4n) is 5.28. The Hall–Kier alpha value is -2.30. The van der Waals surface area contributed by atoms with Crippen LogP contribution in [0.2, 0.25) is 5.02 Å². The molecule has 1 saturated heterocycles. The van der Waals surface area contributed by atoms with Crippen LogP contribution < -0.4 is 4.90 Å². The third-order valence-corrected chi connectivity index (χ3v) is 7.47. The molecule has 33 heavy (non-hydrogen) atoms. The number of anilines is 1. The highest BCUT2D eigenvalue weighted by molar-refractivity contribution is 6.30. The van der Waals surface area contributed by atoms with Crippen molar-refractivity contribution in [2.45, 2.75) is 46.5 Å². The van der Waals surface area contributed by atoms with Crippen LogP contribution in [0.1, 0.15) is 61.5 Å². The quantitative estimate of drug-likeness (QED) is 0.535. The summed E-state index contributed by atoms with van der Waals surface area (Å²) >= 11 is 6.14. The average Bonchev–Trinajstić information content (AvgIpc) is 2.79. The van der Waals surface area contributed by atoms with Crippen molar-refractivity contribution in [1.82, 2.24) is 4.90 Å². The van der Waals surface area contributed by atoms with Crippen LogP contribution in [0.15, 0.2) is 48.0 Å². The van der Waals surface area contributed by atoms with Gasteiger partial charge in [0.1, 0.15) is 0 Å². The minimum absolute atomic E-state index is 0.343. The lowest BCUT2D eigenvalue weighted by Gasteiger charge is -2.39. The van der Waals surface area contributed by atoms with Crippen LogP contribution in [-0.4, -0.2) is 48.7 Å². The molecule has 2 aliphatic rings. The summed E-state index contributed by atoms with van der Waals surface area (Å²) in [4.78, 5) is 16.4. The predicted octanol–water partition coefficient (Wildman–Crippen LogP) is 6.39. The molecule has 2 aromatic rings.